The summed E-state index contributed by atoms with van der Waals surface area (Å²) in [5.74, 6) is 0.230. The lowest BCUT2D eigenvalue weighted by Gasteiger charge is -2.21. The zero-order chi connectivity index (χ0) is 15.5. The SMILES string of the molecule is CCOC(=O)[C@@H]1Cc2ccc(C)cc2[C@@H]1NC(=O)C12CC1C2. The third kappa shape index (κ3) is 1.97. The smallest absolute Gasteiger partial charge is 0.311 e. The molecule has 0 bridgehead atoms. The van der Waals surface area contributed by atoms with E-state index in [4.69, 9.17) is 4.74 Å². The molecule has 1 N–H and O–H groups in total. The zero-order valence-corrected chi connectivity index (χ0v) is 13.0. The molecule has 2 saturated carbocycles. The quantitative estimate of drug-likeness (QED) is 0.868. The Bertz CT molecular complexity index is 660. The first kappa shape index (κ1) is 13.8. The summed E-state index contributed by atoms with van der Waals surface area (Å²) >= 11 is 0. The van der Waals surface area contributed by atoms with E-state index >= 15 is 0 Å². The molecule has 1 aromatic rings. The van der Waals surface area contributed by atoms with E-state index in [1.807, 2.05) is 13.8 Å². The van der Waals surface area contributed by atoms with E-state index in [1.165, 1.54) is 0 Å². The number of ether oxygens (including phenoxy) is 1. The van der Waals surface area contributed by atoms with Gasteiger partial charge in [0.1, 0.15) is 0 Å². The molecule has 0 radical (unpaired) electrons. The number of esters is 1. The van der Waals surface area contributed by atoms with Crippen molar-refractivity contribution >= 4 is 11.9 Å². The number of hydrogen-bond donors (Lipinski definition) is 1. The summed E-state index contributed by atoms with van der Waals surface area (Å²) < 4.78 is 5.22. The topological polar surface area (TPSA) is 55.4 Å². The number of benzene rings is 1. The lowest BCUT2D eigenvalue weighted by molar-refractivity contribution is -0.149. The van der Waals surface area contributed by atoms with Crippen molar-refractivity contribution in [2.45, 2.75) is 39.2 Å². The second kappa shape index (κ2) is 4.58. The Morgan fingerprint density at radius 2 is 2.09 bits per heavy atom. The van der Waals surface area contributed by atoms with Gasteiger partial charge >= 0.3 is 5.97 Å². The van der Waals surface area contributed by atoms with Crippen LogP contribution in [0.4, 0.5) is 0 Å². The maximum absolute atomic E-state index is 12.5. The average molecular weight is 299 g/mol. The normalized spacial score (nSPS) is 33.6. The van der Waals surface area contributed by atoms with Gasteiger partial charge in [-0.15, -0.1) is 0 Å². The average Bonchev–Trinajstić information content (AvgIpc) is 3.31. The van der Waals surface area contributed by atoms with Crippen LogP contribution in [0.15, 0.2) is 18.2 Å². The molecule has 2 fully saturated rings. The maximum atomic E-state index is 12.5. The Balaban J connectivity index is 1.61. The minimum Gasteiger partial charge on any atom is -0.466 e. The molecule has 0 aliphatic heterocycles. The lowest BCUT2D eigenvalue weighted by atomic mass is 9.99. The number of fused-ring (bicyclic) bond motifs is 2. The van der Waals surface area contributed by atoms with Crippen molar-refractivity contribution in [3.05, 3.63) is 34.9 Å². The number of carbonyl (C=O) groups excluding carboxylic acids is 2. The van der Waals surface area contributed by atoms with E-state index in [9.17, 15) is 9.59 Å². The summed E-state index contributed by atoms with van der Waals surface area (Å²) in [6, 6.07) is 5.98. The molecule has 4 rings (SSSR count). The van der Waals surface area contributed by atoms with Gasteiger partial charge in [-0.25, -0.2) is 0 Å². The second-order valence-corrected chi connectivity index (χ2v) is 6.98. The van der Waals surface area contributed by atoms with E-state index in [0.29, 0.717) is 18.9 Å². The molecule has 4 nitrogen and oxygen atoms in total. The monoisotopic (exact) mass is 299 g/mol. The van der Waals surface area contributed by atoms with E-state index in [1.54, 1.807) is 0 Å². The summed E-state index contributed by atoms with van der Waals surface area (Å²) in [5.41, 5.74) is 3.30. The van der Waals surface area contributed by atoms with Crippen LogP contribution in [0.2, 0.25) is 0 Å². The van der Waals surface area contributed by atoms with Crippen LogP contribution >= 0.6 is 0 Å². The summed E-state index contributed by atoms with van der Waals surface area (Å²) in [5, 5.41) is 3.16. The molecule has 0 unspecified atom stereocenters. The van der Waals surface area contributed by atoms with Crippen molar-refractivity contribution in [3.63, 3.8) is 0 Å². The molecule has 0 spiro atoms. The number of carbonyl (C=O) groups is 2. The highest BCUT2D eigenvalue weighted by atomic mass is 16.5. The Hall–Kier alpha value is -1.84. The molecule has 1 amide bonds. The number of amides is 1. The minimum atomic E-state index is -0.298. The largest absolute Gasteiger partial charge is 0.466 e. The zero-order valence-electron chi connectivity index (χ0n) is 13.0. The van der Waals surface area contributed by atoms with Crippen molar-refractivity contribution in [2.75, 3.05) is 6.61 Å². The fourth-order valence-corrected chi connectivity index (χ4v) is 3.77. The first-order chi connectivity index (χ1) is 10.5. The highest BCUT2D eigenvalue weighted by molar-refractivity contribution is 5.91. The fourth-order valence-electron chi connectivity index (χ4n) is 3.77. The van der Waals surface area contributed by atoms with Gasteiger partial charge in [-0.1, -0.05) is 23.8 Å². The van der Waals surface area contributed by atoms with Crippen molar-refractivity contribution in [1.82, 2.24) is 5.32 Å². The molecule has 3 aliphatic carbocycles. The Morgan fingerprint density at radius 3 is 2.73 bits per heavy atom. The molecule has 2 atom stereocenters. The molecule has 3 aliphatic rings. The van der Waals surface area contributed by atoms with Crippen molar-refractivity contribution < 1.29 is 14.3 Å². The van der Waals surface area contributed by atoms with Crippen LogP contribution < -0.4 is 5.32 Å². The highest BCUT2D eigenvalue weighted by Crippen LogP contribution is 2.75. The van der Waals surface area contributed by atoms with Gasteiger partial charge in [0.2, 0.25) is 5.91 Å². The maximum Gasteiger partial charge on any atom is 0.311 e. The minimum absolute atomic E-state index is 0.0776. The third-order valence-electron chi connectivity index (χ3n) is 5.49. The molecule has 116 valence electrons. The van der Waals surface area contributed by atoms with Gasteiger partial charge in [0.25, 0.3) is 0 Å². The second-order valence-electron chi connectivity index (χ2n) is 6.98. The molecule has 4 heteroatoms. The van der Waals surface area contributed by atoms with Gasteiger partial charge in [0.15, 0.2) is 0 Å². The first-order valence-corrected chi connectivity index (χ1v) is 8.12. The Kier molecular flexibility index (Phi) is 2.87. The summed E-state index contributed by atoms with van der Waals surface area (Å²) in [4.78, 5) is 24.8. The summed E-state index contributed by atoms with van der Waals surface area (Å²) in [6.07, 6.45) is 2.70. The van der Waals surface area contributed by atoms with Crippen molar-refractivity contribution in [1.29, 1.82) is 0 Å². The van der Waals surface area contributed by atoms with Crippen LogP contribution in [0.25, 0.3) is 0 Å². The van der Waals surface area contributed by atoms with Crippen LogP contribution in [0.1, 0.15) is 42.5 Å². The van der Waals surface area contributed by atoms with Gasteiger partial charge in [-0.3, -0.25) is 9.59 Å². The van der Waals surface area contributed by atoms with Gasteiger partial charge in [-0.2, -0.15) is 0 Å². The van der Waals surface area contributed by atoms with Crippen LogP contribution in [-0.4, -0.2) is 18.5 Å². The molecule has 0 saturated heterocycles. The van der Waals surface area contributed by atoms with E-state index in [0.717, 1.165) is 29.5 Å². The van der Waals surface area contributed by atoms with Crippen LogP contribution in [0, 0.1) is 24.2 Å². The van der Waals surface area contributed by atoms with Crippen molar-refractivity contribution in [2.24, 2.45) is 17.3 Å². The van der Waals surface area contributed by atoms with Gasteiger partial charge in [-0.05, 0) is 50.2 Å². The third-order valence-corrected chi connectivity index (χ3v) is 5.49. The van der Waals surface area contributed by atoms with Crippen molar-refractivity contribution in [3.8, 4) is 0 Å². The molecular weight excluding hydrogens is 278 g/mol. The number of hydrogen-bond acceptors (Lipinski definition) is 3. The van der Waals surface area contributed by atoms with Gasteiger partial charge < -0.3 is 10.1 Å². The number of nitrogens with one attached hydrogen (secondary N) is 1. The molecular formula is C18H21NO3. The fraction of sp³-hybridized carbons (Fsp3) is 0.556. The van der Waals surface area contributed by atoms with E-state index in [2.05, 4.69) is 23.5 Å². The molecule has 0 aromatic heterocycles. The van der Waals surface area contributed by atoms with Crippen LogP contribution in [0.5, 0.6) is 0 Å². The standard InChI is InChI=1S/C18H21NO3/c1-3-22-16(20)14-7-11-5-4-10(2)6-13(11)15(14)19-17(21)18-8-12(18)9-18/h4-6,12,14-15H,3,7-9H2,1-2H3,(H,19,21)/t12?,14-,15+,18?/m1/s1. The molecule has 1 aromatic carbocycles. The summed E-state index contributed by atoms with van der Waals surface area (Å²) in [6.45, 7) is 4.22. The van der Waals surface area contributed by atoms with E-state index < -0.39 is 0 Å². The Labute approximate surface area is 130 Å². The molecule has 22 heavy (non-hydrogen) atoms. The number of rotatable bonds is 4. The van der Waals surface area contributed by atoms with E-state index in [-0.39, 0.29) is 29.3 Å². The predicted molar refractivity (Wildman–Crippen MR) is 81.0 cm³/mol. The summed E-state index contributed by atoms with van der Waals surface area (Å²) in [7, 11) is 0. The molecule has 0 heterocycles. The van der Waals surface area contributed by atoms with Gasteiger partial charge in [0.05, 0.1) is 24.0 Å². The number of aryl methyl sites for hydroxylation is 1. The Morgan fingerprint density at radius 1 is 1.36 bits per heavy atom. The lowest BCUT2D eigenvalue weighted by Crippen LogP contribution is -2.37. The predicted octanol–water partition coefficient (Wildman–Crippen LogP) is 2.30. The van der Waals surface area contributed by atoms with Crippen LogP contribution in [-0.2, 0) is 20.7 Å². The highest BCUT2D eigenvalue weighted by Gasteiger charge is 2.74. The van der Waals surface area contributed by atoms with Gasteiger partial charge in [0, 0.05) is 0 Å². The first-order valence-electron chi connectivity index (χ1n) is 8.12. The van der Waals surface area contributed by atoms with Crippen LogP contribution in [0.3, 0.4) is 0 Å².